The minimum atomic E-state index is -0.652. The van der Waals surface area contributed by atoms with Crippen LogP contribution in [0.5, 0.6) is 5.75 Å². The molecule has 0 aromatic heterocycles. The predicted molar refractivity (Wildman–Crippen MR) is 110 cm³/mol. The van der Waals surface area contributed by atoms with Gasteiger partial charge in [-0.05, 0) is 41.1 Å². The Balaban J connectivity index is 1.45. The lowest BCUT2D eigenvalue weighted by Crippen LogP contribution is -2.23. The molecule has 0 spiro atoms. The number of esters is 1. The molecule has 0 heterocycles. The quantitative estimate of drug-likeness (QED) is 0.602. The molecule has 148 valence electrons. The Morgan fingerprint density at radius 2 is 1.52 bits per heavy atom. The highest BCUT2D eigenvalue weighted by Crippen LogP contribution is 2.20. The van der Waals surface area contributed by atoms with E-state index < -0.39 is 18.5 Å². The fraction of sp³-hybridized carbons (Fsp3) is 0.136. The number of hydrogen-bond acceptors (Lipinski definition) is 5. The molecule has 3 rings (SSSR count). The summed E-state index contributed by atoms with van der Waals surface area (Å²) in [6.45, 7) is 0.651. The van der Waals surface area contributed by atoms with E-state index in [4.69, 9.17) is 9.47 Å². The van der Waals surface area contributed by atoms with Crippen molar-refractivity contribution in [1.82, 2.24) is 0 Å². The van der Waals surface area contributed by atoms with Gasteiger partial charge in [0, 0.05) is 18.3 Å². The molecule has 0 aliphatic carbocycles. The molecule has 0 fully saturated rings. The average Bonchev–Trinajstić information content (AvgIpc) is 2.70. The molecule has 0 aliphatic heterocycles. The van der Waals surface area contributed by atoms with Gasteiger partial charge in [-0.3, -0.25) is 9.59 Å². The largest absolute Gasteiger partial charge is 0.482 e. The number of nitrogens with one attached hydrogen (secondary N) is 2. The first-order valence-corrected chi connectivity index (χ1v) is 8.94. The number of carbonyl (C=O) groups excluding carboxylic acids is 3. The third kappa shape index (κ3) is 6.07. The Kier molecular flexibility index (Phi) is 6.42. The second kappa shape index (κ2) is 9.36. The maximum atomic E-state index is 12.0. The van der Waals surface area contributed by atoms with Gasteiger partial charge in [0.1, 0.15) is 5.75 Å². The lowest BCUT2D eigenvalue weighted by atomic mass is 10.1. The van der Waals surface area contributed by atoms with E-state index in [9.17, 15) is 14.4 Å². The van der Waals surface area contributed by atoms with Crippen LogP contribution in [0.2, 0.25) is 0 Å². The Hall–Kier alpha value is -3.87. The first kappa shape index (κ1) is 19.9. The molecule has 0 atom stereocenters. The minimum absolute atomic E-state index is 0.214. The second-order valence-corrected chi connectivity index (χ2v) is 6.27. The van der Waals surface area contributed by atoms with Gasteiger partial charge in [-0.25, -0.2) is 4.79 Å². The monoisotopic (exact) mass is 392 g/mol. The molecule has 29 heavy (non-hydrogen) atoms. The van der Waals surface area contributed by atoms with E-state index in [-0.39, 0.29) is 12.5 Å². The predicted octanol–water partition coefficient (Wildman–Crippen LogP) is 3.36. The summed E-state index contributed by atoms with van der Waals surface area (Å²) >= 11 is 0. The highest BCUT2D eigenvalue weighted by Gasteiger charge is 2.10. The van der Waals surface area contributed by atoms with Crippen molar-refractivity contribution < 1.29 is 23.9 Å². The number of benzene rings is 3. The maximum absolute atomic E-state index is 12.0. The second-order valence-electron chi connectivity index (χ2n) is 6.27. The van der Waals surface area contributed by atoms with Crippen LogP contribution < -0.4 is 15.4 Å². The van der Waals surface area contributed by atoms with Crippen LogP contribution in [0.3, 0.4) is 0 Å². The summed E-state index contributed by atoms with van der Waals surface area (Å²) in [6.07, 6.45) is 0. The van der Waals surface area contributed by atoms with Crippen LogP contribution in [0.1, 0.15) is 6.92 Å². The number of ether oxygens (including phenoxy) is 2. The molecule has 0 saturated carbocycles. The van der Waals surface area contributed by atoms with Crippen molar-refractivity contribution in [3.63, 3.8) is 0 Å². The molecule has 0 unspecified atom stereocenters. The zero-order chi connectivity index (χ0) is 20.6. The van der Waals surface area contributed by atoms with E-state index in [0.717, 1.165) is 10.8 Å². The third-order valence-electron chi connectivity index (χ3n) is 3.91. The molecule has 0 radical (unpaired) electrons. The molecule has 0 bridgehead atoms. The van der Waals surface area contributed by atoms with Crippen molar-refractivity contribution in [3.05, 3.63) is 66.7 Å². The van der Waals surface area contributed by atoms with Crippen molar-refractivity contribution in [2.45, 2.75) is 6.92 Å². The minimum Gasteiger partial charge on any atom is -0.482 e. The zero-order valence-corrected chi connectivity index (χ0v) is 15.8. The van der Waals surface area contributed by atoms with Gasteiger partial charge < -0.3 is 20.1 Å². The summed E-state index contributed by atoms with van der Waals surface area (Å²) < 4.78 is 10.4. The lowest BCUT2D eigenvalue weighted by molar-refractivity contribution is -0.149. The van der Waals surface area contributed by atoms with Gasteiger partial charge in [0.05, 0.1) is 0 Å². The number of fused-ring (bicyclic) bond motifs is 1. The molecule has 3 aromatic carbocycles. The van der Waals surface area contributed by atoms with Gasteiger partial charge in [-0.15, -0.1) is 0 Å². The van der Waals surface area contributed by atoms with Crippen LogP contribution in [0.25, 0.3) is 10.8 Å². The van der Waals surface area contributed by atoms with Crippen molar-refractivity contribution in [1.29, 1.82) is 0 Å². The van der Waals surface area contributed by atoms with Crippen LogP contribution in [-0.2, 0) is 19.1 Å². The lowest BCUT2D eigenvalue weighted by Gasteiger charge is -2.09. The molecule has 0 saturated heterocycles. The number of hydrogen-bond donors (Lipinski definition) is 2. The van der Waals surface area contributed by atoms with Gasteiger partial charge in [0.15, 0.2) is 13.2 Å². The Labute approximate surface area is 167 Å². The zero-order valence-electron chi connectivity index (χ0n) is 15.8. The van der Waals surface area contributed by atoms with Gasteiger partial charge in [0.2, 0.25) is 5.91 Å². The van der Waals surface area contributed by atoms with Crippen LogP contribution in [0.15, 0.2) is 66.7 Å². The molecular formula is C22H20N2O5. The Morgan fingerprint density at radius 1 is 0.793 bits per heavy atom. The van der Waals surface area contributed by atoms with Crippen molar-refractivity contribution in [3.8, 4) is 5.75 Å². The van der Waals surface area contributed by atoms with Crippen molar-refractivity contribution in [2.75, 3.05) is 23.8 Å². The summed E-state index contributed by atoms with van der Waals surface area (Å²) in [6, 6.07) is 19.9. The summed E-state index contributed by atoms with van der Waals surface area (Å²) in [5.41, 5.74) is 1.03. The summed E-state index contributed by atoms with van der Waals surface area (Å²) in [4.78, 5) is 34.9. The highest BCUT2D eigenvalue weighted by atomic mass is 16.6. The normalized spacial score (nSPS) is 10.2. The summed E-state index contributed by atoms with van der Waals surface area (Å²) in [5, 5.41) is 7.29. The van der Waals surface area contributed by atoms with E-state index in [0.29, 0.717) is 17.1 Å². The van der Waals surface area contributed by atoms with E-state index in [2.05, 4.69) is 10.6 Å². The summed E-state index contributed by atoms with van der Waals surface area (Å²) in [5.74, 6) is -0.821. The summed E-state index contributed by atoms with van der Waals surface area (Å²) in [7, 11) is 0. The molecular weight excluding hydrogens is 372 g/mol. The van der Waals surface area contributed by atoms with Crippen LogP contribution >= 0.6 is 0 Å². The third-order valence-corrected chi connectivity index (χ3v) is 3.91. The van der Waals surface area contributed by atoms with E-state index in [1.165, 1.54) is 6.92 Å². The van der Waals surface area contributed by atoms with Gasteiger partial charge in [-0.2, -0.15) is 0 Å². The van der Waals surface area contributed by atoms with Crippen LogP contribution in [0.4, 0.5) is 11.4 Å². The van der Waals surface area contributed by atoms with Crippen molar-refractivity contribution in [2.24, 2.45) is 0 Å². The van der Waals surface area contributed by atoms with E-state index in [1.807, 2.05) is 36.4 Å². The fourth-order valence-electron chi connectivity index (χ4n) is 2.66. The molecule has 7 heteroatoms. The first-order chi connectivity index (χ1) is 14.0. The highest BCUT2D eigenvalue weighted by molar-refractivity contribution is 5.94. The number of carbonyl (C=O) groups is 3. The SMILES string of the molecule is CC(=O)Nc1cccc(NC(=O)COC(=O)COc2ccc3ccccc3c2)c1. The number of rotatable bonds is 7. The average molecular weight is 392 g/mol. The smallest absolute Gasteiger partial charge is 0.344 e. The molecule has 0 aliphatic rings. The fourth-order valence-corrected chi connectivity index (χ4v) is 2.66. The van der Waals surface area contributed by atoms with Gasteiger partial charge in [-0.1, -0.05) is 36.4 Å². The molecule has 2 amide bonds. The van der Waals surface area contributed by atoms with E-state index in [1.54, 1.807) is 30.3 Å². The van der Waals surface area contributed by atoms with Crippen molar-refractivity contribution >= 4 is 39.9 Å². The first-order valence-electron chi connectivity index (χ1n) is 8.94. The number of amides is 2. The van der Waals surface area contributed by atoms with Crippen LogP contribution in [-0.4, -0.2) is 31.0 Å². The molecule has 2 N–H and O–H groups in total. The Bertz CT molecular complexity index is 1050. The Morgan fingerprint density at radius 3 is 2.28 bits per heavy atom. The van der Waals surface area contributed by atoms with Gasteiger partial charge in [0.25, 0.3) is 5.91 Å². The standard InChI is InChI=1S/C22H20N2O5/c1-15(25)23-18-7-4-8-19(12-18)24-21(26)13-29-22(27)14-28-20-10-9-16-5-2-3-6-17(16)11-20/h2-12H,13-14H2,1H3,(H,23,25)(H,24,26). The number of anilines is 2. The van der Waals surface area contributed by atoms with Crippen LogP contribution in [0, 0.1) is 0 Å². The van der Waals surface area contributed by atoms with Gasteiger partial charge >= 0.3 is 5.97 Å². The topological polar surface area (TPSA) is 93.7 Å². The molecule has 7 nitrogen and oxygen atoms in total. The maximum Gasteiger partial charge on any atom is 0.344 e. The molecule has 3 aromatic rings. The van der Waals surface area contributed by atoms with E-state index >= 15 is 0 Å².